The summed E-state index contributed by atoms with van der Waals surface area (Å²) in [7, 11) is 1.67. The lowest BCUT2D eigenvalue weighted by atomic mass is 10.3. The van der Waals surface area contributed by atoms with Crippen LogP contribution in [-0.4, -0.2) is 51.2 Å². The van der Waals surface area contributed by atoms with Gasteiger partial charge in [-0.25, -0.2) is 15.0 Å². The van der Waals surface area contributed by atoms with Gasteiger partial charge in [0.2, 0.25) is 0 Å². The standard InChI is InChI=1S/C18H23IN6OS/c1-4-24(5-2)8-9-25-17-15(16(20)21-11-22-17)23-18(25)27-14-10-12(26-3)6-7-13(14)19/h6-7,10-11H,4-5,8-9H2,1-3H3,(H2,20,21,22). The van der Waals surface area contributed by atoms with Gasteiger partial charge in [0.15, 0.2) is 22.1 Å². The molecule has 0 atom stereocenters. The van der Waals surface area contributed by atoms with Gasteiger partial charge in [-0.3, -0.25) is 0 Å². The van der Waals surface area contributed by atoms with E-state index in [1.165, 1.54) is 6.33 Å². The van der Waals surface area contributed by atoms with Crippen molar-refractivity contribution in [1.82, 2.24) is 24.4 Å². The van der Waals surface area contributed by atoms with Crippen LogP contribution in [0, 0.1) is 3.57 Å². The lowest BCUT2D eigenvalue weighted by Gasteiger charge is -2.19. The van der Waals surface area contributed by atoms with Gasteiger partial charge in [-0.15, -0.1) is 0 Å². The normalized spacial score (nSPS) is 11.4. The van der Waals surface area contributed by atoms with Crippen LogP contribution in [0.2, 0.25) is 0 Å². The molecule has 27 heavy (non-hydrogen) atoms. The second-order valence-corrected chi connectivity index (χ2v) is 8.07. The Kier molecular flexibility index (Phi) is 6.77. The molecular formula is C18H23IN6OS. The minimum absolute atomic E-state index is 0.406. The number of rotatable bonds is 8. The second kappa shape index (κ2) is 9.07. The average Bonchev–Trinajstić information content (AvgIpc) is 3.03. The smallest absolute Gasteiger partial charge is 0.175 e. The van der Waals surface area contributed by atoms with E-state index in [9.17, 15) is 0 Å². The number of methoxy groups -OCH3 is 1. The predicted octanol–water partition coefficient (Wildman–Crippen LogP) is 3.51. The van der Waals surface area contributed by atoms with E-state index in [2.05, 4.69) is 55.9 Å². The molecule has 3 aromatic rings. The molecule has 0 saturated carbocycles. The number of anilines is 1. The number of hydrogen-bond donors (Lipinski definition) is 1. The topological polar surface area (TPSA) is 82.1 Å². The highest BCUT2D eigenvalue weighted by molar-refractivity contribution is 14.1. The zero-order valence-corrected chi connectivity index (χ0v) is 18.6. The van der Waals surface area contributed by atoms with Crippen molar-refractivity contribution < 1.29 is 4.74 Å². The fourth-order valence-corrected chi connectivity index (χ4v) is 4.41. The van der Waals surface area contributed by atoms with E-state index in [4.69, 9.17) is 15.5 Å². The van der Waals surface area contributed by atoms with E-state index in [1.807, 2.05) is 18.2 Å². The Morgan fingerprint density at radius 1 is 1.26 bits per heavy atom. The molecule has 0 radical (unpaired) electrons. The minimum Gasteiger partial charge on any atom is -0.497 e. The highest BCUT2D eigenvalue weighted by Crippen LogP contribution is 2.35. The third-order valence-corrected chi connectivity index (χ3v) is 6.76. The summed E-state index contributed by atoms with van der Waals surface area (Å²) >= 11 is 3.92. The van der Waals surface area contributed by atoms with E-state index in [-0.39, 0.29) is 0 Å². The van der Waals surface area contributed by atoms with E-state index >= 15 is 0 Å². The predicted molar refractivity (Wildman–Crippen MR) is 117 cm³/mol. The van der Waals surface area contributed by atoms with Crippen LogP contribution in [0.25, 0.3) is 11.2 Å². The van der Waals surface area contributed by atoms with Crippen LogP contribution in [0.15, 0.2) is 34.6 Å². The molecule has 144 valence electrons. The maximum Gasteiger partial charge on any atom is 0.175 e. The molecule has 0 fully saturated rings. The number of halogens is 1. The number of nitrogen functional groups attached to an aromatic ring is 1. The van der Waals surface area contributed by atoms with Gasteiger partial charge in [0.05, 0.1) is 7.11 Å². The minimum atomic E-state index is 0.406. The quantitative estimate of drug-likeness (QED) is 0.476. The number of likely N-dealkylation sites (N-methyl/N-ethyl adjacent to an activating group) is 1. The molecule has 9 heteroatoms. The summed E-state index contributed by atoms with van der Waals surface area (Å²) in [6.45, 7) is 8.07. The fraction of sp³-hybridized carbons (Fsp3) is 0.389. The van der Waals surface area contributed by atoms with E-state index < -0.39 is 0 Å². The van der Waals surface area contributed by atoms with Crippen LogP contribution < -0.4 is 10.5 Å². The number of fused-ring (bicyclic) bond motifs is 1. The SMILES string of the molecule is CCN(CC)CCn1c(Sc2cc(OC)ccc2I)nc2c(N)ncnc21. The van der Waals surface area contributed by atoms with Crippen LogP contribution in [-0.2, 0) is 6.54 Å². The molecular weight excluding hydrogens is 475 g/mol. The van der Waals surface area contributed by atoms with Crippen molar-refractivity contribution in [2.24, 2.45) is 0 Å². The fourth-order valence-electron chi connectivity index (χ4n) is 2.78. The first-order valence-corrected chi connectivity index (χ1v) is 10.7. The molecule has 0 bridgehead atoms. The Labute approximate surface area is 176 Å². The number of imidazole rings is 1. The van der Waals surface area contributed by atoms with Gasteiger partial charge < -0.3 is 19.9 Å². The largest absolute Gasteiger partial charge is 0.497 e. The van der Waals surface area contributed by atoms with E-state index in [1.54, 1.807) is 18.9 Å². The zero-order chi connectivity index (χ0) is 19.4. The Bertz CT molecular complexity index is 928. The molecule has 0 aliphatic heterocycles. The van der Waals surface area contributed by atoms with Gasteiger partial charge in [-0.1, -0.05) is 25.6 Å². The summed E-state index contributed by atoms with van der Waals surface area (Å²) < 4.78 is 8.64. The number of nitrogens with two attached hydrogens (primary N) is 1. The van der Waals surface area contributed by atoms with Crippen LogP contribution in [0.1, 0.15) is 13.8 Å². The van der Waals surface area contributed by atoms with Gasteiger partial charge in [0, 0.05) is 21.6 Å². The van der Waals surface area contributed by atoms with Crippen molar-refractivity contribution >= 4 is 51.3 Å². The van der Waals surface area contributed by atoms with Crippen LogP contribution >= 0.6 is 34.4 Å². The summed E-state index contributed by atoms with van der Waals surface area (Å²) in [6.07, 6.45) is 1.50. The first kappa shape index (κ1) is 20.2. The molecule has 2 aromatic heterocycles. The number of hydrogen-bond acceptors (Lipinski definition) is 7. The van der Waals surface area contributed by atoms with E-state index in [0.29, 0.717) is 11.3 Å². The lowest BCUT2D eigenvalue weighted by molar-refractivity contribution is 0.288. The van der Waals surface area contributed by atoms with Crippen molar-refractivity contribution in [2.75, 3.05) is 32.5 Å². The Hall–Kier alpha value is -1.59. The summed E-state index contributed by atoms with van der Waals surface area (Å²) in [6, 6.07) is 6.02. The second-order valence-electron chi connectivity index (χ2n) is 5.90. The van der Waals surface area contributed by atoms with Gasteiger partial charge >= 0.3 is 0 Å². The van der Waals surface area contributed by atoms with Crippen molar-refractivity contribution in [3.8, 4) is 5.75 Å². The summed E-state index contributed by atoms with van der Waals surface area (Å²) in [4.78, 5) is 16.7. The van der Waals surface area contributed by atoms with Crippen LogP contribution in [0.3, 0.4) is 0 Å². The van der Waals surface area contributed by atoms with E-state index in [0.717, 1.165) is 51.2 Å². The summed E-state index contributed by atoms with van der Waals surface area (Å²) in [5.41, 5.74) is 7.47. The maximum atomic E-state index is 6.05. The molecule has 7 nitrogen and oxygen atoms in total. The molecule has 1 aromatic carbocycles. The molecule has 0 spiro atoms. The van der Waals surface area contributed by atoms with Crippen molar-refractivity contribution in [1.29, 1.82) is 0 Å². The monoisotopic (exact) mass is 498 g/mol. The molecule has 0 unspecified atom stereocenters. The van der Waals surface area contributed by atoms with Crippen LogP contribution in [0.4, 0.5) is 5.82 Å². The molecule has 2 heterocycles. The zero-order valence-electron chi connectivity index (χ0n) is 15.6. The van der Waals surface area contributed by atoms with Gasteiger partial charge in [-0.05, 0) is 53.9 Å². The highest BCUT2D eigenvalue weighted by atomic mass is 127. The first-order valence-electron chi connectivity index (χ1n) is 8.77. The summed E-state index contributed by atoms with van der Waals surface area (Å²) in [5.74, 6) is 1.23. The molecule has 0 saturated heterocycles. The number of aromatic nitrogens is 4. The Morgan fingerprint density at radius 2 is 2.04 bits per heavy atom. The highest BCUT2D eigenvalue weighted by Gasteiger charge is 2.17. The van der Waals surface area contributed by atoms with Gasteiger partial charge in [0.1, 0.15) is 12.1 Å². The molecule has 0 aliphatic carbocycles. The molecule has 2 N–H and O–H groups in total. The van der Waals surface area contributed by atoms with Crippen molar-refractivity contribution in [3.05, 3.63) is 28.1 Å². The number of nitrogens with zero attached hydrogens (tertiary/aromatic N) is 5. The van der Waals surface area contributed by atoms with Gasteiger partial charge in [0.25, 0.3) is 0 Å². The van der Waals surface area contributed by atoms with Crippen LogP contribution in [0.5, 0.6) is 5.75 Å². The lowest BCUT2D eigenvalue weighted by Crippen LogP contribution is -2.27. The average molecular weight is 498 g/mol. The Balaban J connectivity index is 2.01. The molecule has 0 amide bonds. The Morgan fingerprint density at radius 3 is 2.74 bits per heavy atom. The number of ether oxygens (including phenoxy) is 1. The maximum absolute atomic E-state index is 6.05. The first-order chi connectivity index (χ1) is 13.1. The third-order valence-electron chi connectivity index (χ3n) is 4.40. The molecule has 0 aliphatic rings. The van der Waals surface area contributed by atoms with Crippen molar-refractivity contribution in [3.63, 3.8) is 0 Å². The third kappa shape index (κ3) is 4.46. The van der Waals surface area contributed by atoms with Gasteiger partial charge in [-0.2, -0.15) is 0 Å². The molecule has 3 rings (SSSR count). The van der Waals surface area contributed by atoms with Crippen molar-refractivity contribution in [2.45, 2.75) is 30.4 Å². The summed E-state index contributed by atoms with van der Waals surface area (Å²) in [5, 5.41) is 0.857. The number of benzene rings is 1.